The number of rotatable bonds is 1. The van der Waals surface area contributed by atoms with Crippen molar-refractivity contribution in [3.8, 4) is 5.75 Å². The van der Waals surface area contributed by atoms with E-state index in [0.717, 1.165) is 9.54 Å². The molecule has 0 radical (unpaired) electrons. The van der Waals surface area contributed by atoms with Crippen LogP contribution in [0.15, 0.2) is 9.85 Å². The van der Waals surface area contributed by atoms with Gasteiger partial charge in [-0.05, 0) is 28.9 Å². The van der Waals surface area contributed by atoms with E-state index in [4.69, 9.17) is 4.74 Å². The molecule has 1 aromatic rings. The van der Waals surface area contributed by atoms with Gasteiger partial charge in [-0.25, -0.2) is 0 Å². The van der Waals surface area contributed by atoms with Gasteiger partial charge in [-0.15, -0.1) is 11.3 Å². The normalized spacial score (nSPS) is 9.67. The summed E-state index contributed by atoms with van der Waals surface area (Å²) in [6.45, 7) is 2.05. The summed E-state index contributed by atoms with van der Waals surface area (Å²) < 4.78 is 6.10. The zero-order valence-electron chi connectivity index (χ0n) is 5.27. The molecular weight excluding hydrogens is 200 g/mol. The lowest BCUT2D eigenvalue weighted by atomic mass is 10.5. The fraction of sp³-hybridized carbons (Fsp3) is 0.333. The van der Waals surface area contributed by atoms with E-state index < -0.39 is 0 Å². The number of thiophene rings is 1. The van der Waals surface area contributed by atoms with Gasteiger partial charge in [0.05, 0.1) is 7.11 Å². The largest absolute Gasteiger partial charge is 0.495 e. The zero-order chi connectivity index (χ0) is 6.85. The molecule has 0 N–H and O–H groups in total. The summed E-state index contributed by atoms with van der Waals surface area (Å²) in [5.41, 5.74) is 0. The van der Waals surface area contributed by atoms with Gasteiger partial charge in [0.25, 0.3) is 0 Å². The van der Waals surface area contributed by atoms with Gasteiger partial charge < -0.3 is 4.74 Å². The highest BCUT2D eigenvalue weighted by molar-refractivity contribution is 9.11. The van der Waals surface area contributed by atoms with Crippen LogP contribution in [0.3, 0.4) is 0 Å². The molecule has 0 unspecified atom stereocenters. The molecule has 1 aromatic heterocycles. The lowest BCUT2D eigenvalue weighted by Crippen LogP contribution is -1.77. The first-order valence-corrected chi connectivity index (χ1v) is 4.15. The Morgan fingerprint density at radius 3 is 2.56 bits per heavy atom. The summed E-state index contributed by atoms with van der Waals surface area (Å²) in [6, 6.07) is 2.01. The van der Waals surface area contributed by atoms with E-state index in [1.807, 2.05) is 6.07 Å². The Bertz CT molecular complexity index is 207. The van der Waals surface area contributed by atoms with Crippen LogP contribution in [-0.4, -0.2) is 7.11 Å². The van der Waals surface area contributed by atoms with Crippen LogP contribution in [0.25, 0.3) is 0 Å². The van der Waals surface area contributed by atoms with Crippen LogP contribution < -0.4 is 4.74 Å². The Morgan fingerprint density at radius 1 is 1.67 bits per heavy atom. The van der Waals surface area contributed by atoms with Crippen molar-refractivity contribution in [3.63, 3.8) is 0 Å². The van der Waals surface area contributed by atoms with Gasteiger partial charge in [0.15, 0.2) is 0 Å². The third-order valence-electron chi connectivity index (χ3n) is 0.999. The summed E-state index contributed by atoms with van der Waals surface area (Å²) in [5, 5.41) is 0. The van der Waals surface area contributed by atoms with Crippen molar-refractivity contribution in [3.05, 3.63) is 14.7 Å². The van der Waals surface area contributed by atoms with E-state index in [9.17, 15) is 0 Å². The van der Waals surface area contributed by atoms with E-state index in [-0.39, 0.29) is 0 Å². The number of aryl methyl sites for hydroxylation is 1. The van der Waals surface area contributed by atoms with Crippen molar-refractivity contribution < 1.29 is 4.74 Å². The van der Waals surface area contributed by atoms with E-state index >= 15 is 0 Å². The Labute approximate surface area is 66.8 Å². The standard InChI is InChI=1S/C6H7BrOS/c1-4-3-5(8-2)6(7)9-4/h3H,1-2H3. The van der Waals surface area contributed by atoms with Crippen LogP contribution in [0.4, 0.5) is 0 Å². The quantitative estimate of drug-likeness (QED) is 0.687. The molecule has 0 fully saturated rings. The summed E-state index contributed by atoms with van der Waals surface area (Å²) in [4.78, 5) is 1.26. The summed E-state index contributed by atoms with van der Waals surface area (Å²) >= 11 is 5.06. The average Bonchev–Trinajstić information content (AvgIpc) is 2.10. The van der Waals surface area contributed by atoms with Crippen LogP contribution in [0.2, 0.25) is 0 Å². The first kappa shape index (κ1) is 7.09. The van der Waals surface area contributed by atoms with Crippen LogP contribution in [-0.2, 0) is 0 Å². The molecule has 1 rings (SSSR count). The number of hydrogen-bond acceptors (Lipinski definition) is 2. The molecular formula is C6H7BrOS. The number of halogens is 1. The van der Waals surface area contributed by atoms with Gasteiger partial charge in [-0.2, -0.15) is 0 Å². The summed E-state index contributed by atoms with van der Waals surface area (Å²) in [7, 11) is 1.67. The fourth-order valence-corrected chi connectivity index (χ4v) is 2.34. The molecule has 0 spiro atoms. The third-order valence-corrected chi connectivity index (χ3v) is 2.70. The first-order chi connectivity index (χ1) is 4.24. The summed E-state index contributed by atoms with van der Waals surface area (Å²) in [6.07, 6.45) is 0. The second-order valence-electron chi connectivity index (χ2n) is 1.70. The van der Waals surface area contributed by atoms with E-state index in [1.165, 1.54) is 4.88 Å². The Balaban J connectivity index is 3.01. The minimum Gasteiger partial charge on any atom is -0.495 e. The maximum absolute atomic E-state index is 5.03. The highest BCUT2D eigenvalue weighted by atomic mass is 79.9. The van der Waals surface area contributed by atoms with Gasteiger partial charge in [0, 0.05) is 4.88 Å². The van der Waals surface area contributed by atoms with Crippen molar-refractivity contribution in [2.24, 2.45) is 0 Å². The topological polar surface area (TPSA) is 9.23 Å². The maximum atomic E-state index is 5.03. The smallest absolute Gasteiger partial charge is 0.144 e. The van der Waals surface area contributed by atoms with Crippen molar-refractivity contribution >= 4 is 27.3 Å². The predicted octanol–water partition coefficient (Wildman–Crippen LogP) is 2.83. The van der Waals surface area contributed by atoms with E-state index in [2.05, 4.69) is 22.9 Å². The molecule has 0 atom stereocenters. The molecule has 9 heavy (non-hydrogen) atoms. The van der Waals surface area contributed by atoms with E-state index in [0.29, 0.717) is 0 Å². The molecule has 0 bridgehead atoms. The first-order valence-electron chi connectivity index (χ1n) is 2.54. The molecule has 0 saturated carbocycles. The van der Waals surface area contributed by atoms with Crippen LogP contribution >= 0.6 is 27.3 Å². The van der Waals surface area contributed by atoms with Crippen LogP contribution in [0.1, 0.15) is 4.88 Å². The summed E-state index contributed by atoms with van der Waals surface area (Å²) in [5.74, 6) is 0.928. The number of methoxy groups -OCH3 is 1. The molecule has 0 aromatic carbocycles. The molecule has 0 aliphatic rings. The third kappa shape index (κ3) is 1.46. The second-order valence-corrected chi connectivity index (χ2v) is 4.27. The lowest BCUT2D eigenvalue weighted by molar-refractivity contribution is 0.414. The highest BCUT2D eigenvalue weighted by Crippen LogP contribution is 2.33. The van der Waals surface area contributed by atoms with Gasteiger partial charge >= 0.3 is 0 Å². The predicted molar refractivity (Wildman–Crippen MR) is 43.3 cm³/mol. The molecule has 3 heteroatoms. The van der Waals surface area contributed by atoms with Gasteiger partial charge in [-0.1, -0.05) is 0 Å². The molecule has 0 aliphatic carbocycles. The Hall–Kier alpha value is -0.0200. The molecule has 1 heterocycles. The second kappa shape index (κ2) is 2.71. The molecule has 0 aliphatic heterocycles. The van der Waals surface area contributed by atoms with Crippen molar-refractivity contribution in [2.75, 3.05) is 7.11 Å². The molecule has 0 amide bonds. The monoisotopic (exact) mass is 206 g/mol. The SMILES string of the molecule is COc1cc(C)sc1Br. The highest BCUT2D eigenvalue weighted by Gasteiger charge is 2.01. The number of ether oxygens (including phenoxy) is 1. The molecule has 1 nitrogen and oxygen atoms in total. The van der Waals surface area contributed by atoms with Crippen molar-refractivity contribution in [1.82, 2.24) is 0 Å². The van der Waals surface area contributed by atoms with Gasteiger partial charge in [-0.3, -0.25) is 0 Å². The zero-order valence-corrected chi connectivity index (χ0v) is 7.67. The van der Waals surface area contributed by atoms with Gasteiger partial charge in [0.2, 0.25) is 0 Å². The van der Waals surface area contributed by atoms with Crippen LogP contribution in [0, 0.1) is 6.92 Å². The Kier molecular flexibility index (Phi) is 2.13. The average molecular weight is 207 g/mol. The van der Waals surface area contributed by atoms with Gasteiger partial charge in [0.1, 0.15) is 9.54 Å². The fourth-order valence-electron chi connectivity index (χ4n) is 0.602. The minimum atomic E-state index is 0.928. The van der Waals surface area contributed by atoms with Crippen LogP contribution in [0.5, 0.6) is 5.75 Å². The molecule has 0 saturated heterocycles. The molecule has 50 valence electrons. The van der Waals surface area contributed by atoms with Crippen molar-refractivity contribution in [1.29, 1.82) is 0 Å². The number of hydrogen-bond donors (Lipinski definition) is 0. The lowest BCUT2D eigenvalue weighted by Gasteiger charge is -1.91. The van der Waals surface area contributed by atoms with Crippen molar-refractivity contribution in [2.45, 2.75) is 6.92 Å². The van der Waals surface area contributed by atoms with E-state index in [1.54, 1.807) is 18.4 Å². The Morgan fingerprint density at radius 2 is 2.33 bits per heavy atom. The minimum absolute atomic E-state index is 0.928. The maximum Gasteiger partial charge on any atom is 0.144 e.